The summed E-state index contributed by atoms with van der Waals surface area (Å²) in [6.07, 6.45) is 8.67. The van der Waals surface area contributed by atoms with Gasteiger partial charge < -0.3 is 5.32 Å². The molecule has 0 bridgehead atoms. The molecule has 2 aromatic heterocycles. The summed E-state index contributed by atoms with van der Waals surface area (Å²) in [4.78, 5) is 16.4. The highest BCUT2D eigenvalue weighted by Gasteiger charge is 2.23. The zero-order chi connectivity index (χ0) is 19.2. The molecule has 0 atom stereocenters. The van der Waals surface area contributed by atoms with E-state index in [1.54, 1.807) is 29.2 Å². The smallest absolute Gasteiger partial charge is 0.267 e. The summed E-state index contributed by atoms with van der Waals surface area (Å²) in [5.74, 6) is 0. The fourth-order valence-corrected chi connectivity index (χ4v) is 3.95. The molecule has 1 saturated carbocycles. The standard InChI is InChI=1S/C23H26N4O/c28-23-11-10-22(19-13-15-24-16-14-19)26-27(23)21-8-6-20(7-9-21)25-17-12-18-4-2-1-3-5-18/h1-5,10-11,13-16,20-21,25H,6-9,12,17H2. The number of nitrogens with zero attached hydrogens (tertiary/aromatic N) is 3. The second-order valence-corrected chi connectivity index (χ2v) is 7.43. The van der Waals surface area contributed by atoms with Crippen LogP contribution in [0.5, 0.6) is 0 Å². The van der Waals surface area contributed by atoms with Gasteiger partial charge in [0.05, 0.1) is 11.7 Å². The highest BCUT2D eigenvalue weighted by Crippen LogP contribution is 2.27. The second kappa shape index (κ2) is 8.93. The number of aromatic nitrogens is 3. The van der Waals surface area contributed by atoms with Gasteiger partial charge in [-0.25, -0.2) is 4.68 Å². The van der Waals surface area contributed by atoms with Gasteiger partial charge in [-0.15, -0.1) is 0 Å². The minimum Gasteiger partial charge on any atom is -0.314 e. The summed E-state index contributed by atoms with van der Waals surface area (Å²) in [5, 5.41) is 8.33. The topological polar surface area (TPSA) is 59.8 Å². The Morgan fingerprint density at radius 3 is 2.43 bits per heavy atom. The number of nitrogens with one attached hydrogen (secondary N) is 1. The maximum atomic E-state index is 12.4. The van der Waals surface area contributed by atoms with Crippen LogP contribution in [0.3, 0.4) is 0 Å². The van der Waals surface area contributed by atoms with Gasteiger partial charge >= 0.3 is 0 Å². The van der Waals surface area contributed by atoms with Crippen LogP contribution < -0.4 is 10.9 Å². The van der Waals surface area contributed by atoms with Crippen LogP contribution in [0, 0.1) is 0 Å². The molecule has 0 radical (unpaired) electrons. The first-order valence-corrected chi connectivity index (χ1v) is 10.1. The van der Waals surface area contributed by atoms with Crippen LogP contribution in [-0.2, 0) is 6.42 Å². The summed E-state index contributed by atoms with van der Waals surface area (Å²) < 4.78 is 1.69. The largest absolute Gasteiger partial charge is 0.314 e. The van der Waals surface area contributed by atoms with Crippen molar-refractivity contribution in [2.45, 2.75) is 44.2 Å². The van der Waals surface area contributed by atoms with E-state index in [4.69, 9.17) is 0 Å². The molecule has 1 aromatic carbocycles. The highest BCUT2D eigenvalue weighted by atomic mass is 16.1. The third kappa shape index (κ3) is 4.54. The van der Waals surface area contributed by atoms with Crippen molar-refractivity contribution in [3.63, 3.8) is 0 Å². The predicted octanol–water partition coefficient (Wildman–Crippen LogP) is 3.62. The highest BCUT2D eigenvalue weighted by molar-refractivity contribution is 5.57. The van der Waals surface area contributed by atoms with Crippen LogP contribution in [0.2, 0.25) is 0 Å². The Balaban J connectivity index is 1.34. The zero-order valence-electron chi connectivity index (χ0n) is 16.0. The molecule has 28 heavy (non-hydrogen) atoms. The lowest BCUT2D eigenvalue weighted by molar-refractivity contribution is 0.271. The number of benzene rings is 1. The van der Waals surface area contributed by atoms with Gasteiger partial charge in [0.1, 0.15) is 0 Å². The first kappa shape index (κ1) is 18.6. The molecular formula is C23H26N4O. The average Bonchev–Trinajstić information content (AvgIpc) is 2.76. The molecule has 1 aliphatic rings. The van der Waals surface area contributed by atoms with Gasteiger partial charge in [-0.3, -0.25) is 9.78 Å². The Kier molecular flexibility index (Phi) is 5.92. The zero-order valence-corrected chi connectivity index (χ0v) is 16.0. The van der Waals surface area contributed by atoms with E-state index in [-0.39, 0.29) is 11.6 Å². The average molecular weight is 374 g/mol. The molecule has 5 nitrogen and oxygen atoms in total. The monoisotopic (exact) mass is 374 g/mol. The molecule has 0 saturated heterocycles. The Labute approximate surface area is 165 Å². The quantitative estimate of drug-likeness (QED) is 0.716. The fourth-order valence-electron chi connectivity index (χ4n) is 3.95. The van der Waals surface area contributed by atoms with Crippen molar-refractivity contribution in [2.75, 3.05) is 6.54 Å². The molecule has 2 heterocycles. The molecule has 0 amide bonds. The van der Waals surface area contributed by atoms with Crippen LogP contribution in [0.1, 0.15) is 37.3 Å². The molecule has 1 aliphatic carbocycles. The summed E-state index contributed by atoms with van der Waals surface area (Å²) in [7, 11) is 0. The Hall–Kier alpha value is -2.79. The molecular weight excluding hydrogens is 348 g/mol. The van der Waals surface area contributed by atoms with E-state index in [1.165, 1.54) is 5.56 Å². The Bertz CT molecular complexity index is 932. The molecule has 0 spiro atoms. The number of hydrogen-bond acceptors (Lipinski definition) is 4. The normalized spacial score (nSPS) is 19.4. The molecule has 5 heteroatoms. The number of pyridine rings is 1. The van der Waals surface area contributed by atoms with Crippen molar-refractivity contribution in [3.05, 3.63) is 82.9 Å². The second-order valence-electron chi connectivity index (χ2n) is 7.43. The Morgan fingerprint density at radius 1 is 0.929 bits per heavy atom. The van der Waals surface area contributed by atoms with Crippen molar-refractivity contribution in [2.24, 2.45) is 0 Å². The van der Waals surface area contributed by atoms with E-state index in [0.29, 0.717) is 6.04 Å². The minimum absolute atomic E-state index is 0.0155. The number of hydrogen-bond donors (Lipinski definition) is 1. The van der Waals surface area contributed by atoms with E-state index in [9.17, 15) is 4.79 Å². The SMILES string of the molecule is O=c1ccc(-c2ccncc2)nn1C1CCC(NCCc2ccccc2)CC1. The molecule has 144 valence electrons. The maximum absolute atomic E-state index is 12.4. The van der Waals surface area contributed by atoms with Gasteiger partial charge in [-0.2, -0.15) is 5.10 Å². The van der Waals surface area contributed by atoms with Gasteiger partial charge in [0.25, 0.3) is 5.56 Å². The van der Waals surface area contributed by atoms with Crippen molar-refractivity contribution >= 4 is 0 Å². The molecule has 1 fully saturated rings. The summed E-state index contributed by atoms with van der Waals surface area (Å²) in [6.45, 7) is 0.995. The van der Waals surface area contributed by atoms with Gasteiger partial charge in [-0.05, 0) is 62.4 Å². The van der Waals surface area contributed by atoms with Crippen LogP contribution in [0.15, 0.2) is 71.8 Å². The minimum atomic E-state index is -0.0155. The Morgan fingerprint density at radius 2 is 1.68 bits per heavy atom. The van der Waals surface area contributed by atoms with Gasteiger partial charge in [0.2, 0.25) is 0 Å². The summed E-state index contributed by atoms with van der Waals surface area (Å²) in [6, 6.07) is 18.6. The van der Waals surface area contributed by atoms with Crippen LogP contribution in [0.4, 0.5) is 0 Å². The van der Waals surface area contributed by atoms with Crippen molar-refractivity contribution in [1.29, 1.82) is 0 Å². The predicted molar refractivity (Wildman–Crippen MR) is 111 cm³/mol. The number of rotatable bonds is 6. The van der Waals surface area contributed by atoms with Crippen LogP contribution >= 0.6 is 0 Å². The lowest BCUT2D eigenvalue weighted by Crippen LogP contribution is -2.37. The van der Waals surface area contributed by atoms with E-state index >= 15 is 0 Å². The fraction of sp³-hybridized carbons (Fsp3) is 0.348. The lowest BCUT2D eigenvalue weighted by atomic mass is 9.91. The lowest BCUT2D eigenvalue weighted by Gasteiger charge is -2.29. The van der Waals surface area contributed by atoms with Gasteiger partial charge in [0, 0.05) is 30.1 Å². The third-order valence-corrected chi connectivity index (χ3v) is 5.53. The van der Waals surface area contributed by atoms with Crippen molar-refractivity contribution < 1.29 is 0 Å². The molecule has 1 N–H and O–H groups in total. The summed E-state index contributed by atoms with van der Waals surface area (Å²) in [5.41, 5.74) is 3.16. The first-order valence-electron chi connectivity index (χ1n) is 10.1. The van der Waals surface area contributed by atoms with Crippen molar-refractivity contribution in [1.82, 2.24) is 20.1 Å². The summed E-state index contributed by atoms with van der Waals surface area (Å²) >= 11 is 0. The van der Waals surface area contributed by atoms with Crippen LogP contribution in [0.25, 0.3) is 11.3 Å². The van der Waals surface area contributed by atoms with Crippen molar-refractivity contribution in [3.8, 4) is 11.3 Å². The van der Waals surface area contributed by atoms with Crippen LogP contribution in [-0.4, -0.2) is 27.4 Å². The maximum Gasteiger partial charge on any atom is 0.267 e. The molecule has 4 rings (SSSR count). The van der Waals surface area contributed by atoms with E-state index in [1.807, 2.05) is 12.1 Å². The molecule has 0 unspecified atom stereocenters. The molecule has 0 aliphatic heterocycles. The third-order valence-electron chi connectivity index (χ3n) is 5.53. The first-order chi connectivity index (χ1) is 13.8. The van der Waals surface area contributed by atoms with Gasteiger partial charge in [-0.1, -0.05) is 30.3 Å². The van der Waals surface area contributed by atoms with E-state index in [0.717, 1.165) is 49.9 Å². The van der Waals surface area contributed by atoms with E-state index in [2.05, 4.69) is 45.7 Å². The van der Waals surface area contributed by atoms with E-state index < -0.39 is 0 Å². The van der Waals surface area contributed by atoms with Gasteiger partial charge in [0.15, 0.2) is 0 Å². The molecule has 3 aromatic rings.